The number of fused-ring (bicyclic) bond motifs is 5. The van der Waals surface area contributed by atoms with Gasteiger partial charge < -0.3 is 4.90 Å². The van der Waals surface area contributed by atoms with Crippen LogP contribution >= 0.6 is 0 Å². The van der Waals surface area contributed by atoms with E-state index in [2.05, 4.69) is 160 Å². The fourth-order valence-electron chi connectivity index (χ4n) is 12.8. The Morgan fingerprint density at radius 3 is 1.89 bits per heavy atom. The number of rotatable bonds is 4. The van der Waals surface area contributed by atoms with E-state index in [1.165, 1.54) is 106 Å². The summed E-state index contributed by atoms with van der Waals surface area (Å²) in [6, 6.07) is 49.3. The van der Waals surface area contributed by atoms with Gasteiger partial charge in [0, 0.05) is 16.5 Å². The van der Waals surface area contributed by atoms with Crippen LogP contribution in [0.3, 0.4) is 0 Å². The van der Waals surface area contributed by atoms with Crippen LogP contribution < -0.4 is 4.90 Å². The second kappa shape index (κ2) is 11.2. The second-order valence-electron chi connectivity index (χ2n) is 18.8. The molecule has 6 aromatic carbocycles. The van der Waals surface area contributed by atoms with E-state index in [-0.39, 0.29) is 16.2 Å². The van der Waals surface area contributed by atoms with Gasteiger partial charge in [-0.15, -0.1) is 0 Å². The summed E-state index contributed by atoms with van der Waals surface area (Å²) in [6.07, 6.45) is 9.58. The Morgan fingerprint density at radius 2 is 1.09 bits per heavy atom. The van der Waals surface area contributed by atoms with Crippen molar-refractivity contribution in [2.24, 2.45) is 23.7 Å². The zero-order valence-corrected chi connectivity index (χ0v) is 31.8. The maximum Gasteiger partial charge on any atom is 0.0540 e. The van der Waals surface area contributed by atoms with Gasteiger partial charge in [0.15, 0.2) is 0 Å². The summed E-state index contributed by atoms with van der Waals surface area (Å²) in [4.78, 5) is 2.56. The Labute approximate surface area is 316 Å². The topological polar surface area (TPSA) is 3.24 Å². The SMILES string of the molecule is CC1(C)CCC(C)(C)c2c(N(c3ccc(-c4ccc5c(c4)-c4ccccc4C54C5CC6CC(C5)CC4C6)cc3)c3cccc4ccccc34)cccc21. The molecular weight excluding hydrogens is 639 g/mol. The number of anilines is 3. The summed E-state index contributed by atoms with van der Waals surface area (Å²) >= 11 is 0. The summed E-state index contributed by atoms with van der Waals surface area (Å²) in [5.74, 6) is 3.52. The van der Waals surface area contributed by atoms with Gasteiger partial charge in [-0.05, 0) is 160 Å². The summed E-state index contributed by atoms with van der Waals surface area (Å²) in [7, 11) is 0. The summed E-state index contributed by atoms with van der Waals surface area (Å²) in [5, 5.41) is 2.55. The molecule has 0 amide bonds. The van der Waals surface area contributed by atoms with Crippen LogP contribution in [-0.4, -0.2) is 0 Å². The van der Waals surface area contributed by atoms with Crippen LogP contribution in [-0.2, 0) is 16.2 Å². The van der Waals surface area contributed by atoms with Gasteiger partial charge in [0.1, 0.15) is 0 Å². The molecule has 0 N–H and O–H groups in total. The molecule has 0 atom stereocenters. The predicted molar refractivity (Wildman–Crippen MR) is 223 cm³/mol. The lowest BCUT2D eigenvalue weighted by atomic mass is 9.43. The highest BCUT2D eigenvalue weighted by Crippen LogP contribution is 2.69. The van der Waals surface area contributed by atoms with Crippen LogP contribution in [0.5, 0.6) is 0 Å². The van der Waals surface area contributed by atoms with E-state index >= 15 is 0 Å². The normalized spacial score (nSPS) is 26.7. The largest absolute Gasteiger partial charge is 0.310 e. The molecule has 0 radical (unpaired) electrons. The zero-order valence-electron chi connectivity index (χ0n) is 31.8. The minimum atomic E-state index is 0.0690. The standard InChI is InChI=1S/C52H51N/c1-50(2)25-26-51(3,4)49-46(50)16-10-18-48(49)53(47-17-9-12-36-11-5-6-13-41(36)47)40-22-19-35(20-23-40)37-21-24-45-43(32-37)42-14-7-8-15-44(42)52(45)38-28-33-27-34(30-38)31-39(52)29-33/h5-24,32-34,38-39H,25-31H2,1-4H3. The number of hydrogen-bond acceptors (Lipinski definition) is 1. The van der Waals surface area contributed by atoms with E-state index < -0.39 is 0 Å². The van der Waals surface area contributed by atoms with Crippen LogP contribution in [0.2, 0.25) is 0 Å². The average Bonchev–Trinajstić information content (AvgIpc) is 3.46. The Balaban J connectivity index is 1.04. The van der Waals surface area contributed by atoms with Gasteiger partial charge in [-0.3, -0.25) is 0 Å². The van der Waals surface area contributed by atoms with Crippen molar-refractivity contribution in [3.05, 3.63) is 150 Å². The lowest BCUT2D eigenvalue weighted by Gasteiger charge is -2.61. The molecule has 1 spiro atoms. The molecule has 4 saturated carbocycles. The molecule has 0 saturated heterocycles. The van der Waals surface area contributed by atoms with Crippen LogP contribution in [0.4, 0.5) is 17.1 Å². The Morgan fingerprint density at radius 1 is 0.491 bits per heavy atom. The Kier molecular flexibility index (Phi) is 6.74. The minimum Gasteiger partial charge on any atom is -0.310 e. The molecule has 264 valence electrons. The smallest absolute Gasteiger partial charge is 0.0540 e. The highest BCUT2D eigenvalue weighted by atomic mass is 15.1. The molecule has 0 unspecified atom stereocenters. The van der Waals surface area contributed by atoms with Crippen molar-refractivity contribution in [3.63, 3.8) is 0 Å². The molecule has 0 heterocycles. The van der Waals surface area contributed by atoms with Crippen molar-refractivity contribution in [1.29, 1.82) is 0 Å². The van der Waals surface area contributed by atoms with Crippen LogP contribution in [0.15, 0.2) is 127 Å². The van der Waals surface area contributed by atoms with E-state index in [4.69, 9.17) is 0 Å². The molecule has 4 bridgehead atoms. The van der Waals surface area contributed by atoms with Crippen molar-refractivity contribution >= 4 is 27.8 Å². The van der Waals surface area contributed by atoms with Gasteiger partial charge in [-0.2, -0.15) is 0 Å². The third-order valence-electron chi connectivity index (χ3n) is 15.1. The summed E-state index contributed by atoms with van der Waals surface area (Å²) < 4.78 is 0. The molecule has 6 aromatic rings. The van der Waals surface area contributed by atoms with Crippen LogP contribution in [0, 0.1) is 23.7 Å². The van der Waals surface area contributed by atoms with Gasteiger partial charge in [0.2, 0.25) is 0 Å². The van der Waals surface area contributed by atoms with Crippen molar-refractivity contribution in [3.8, 4) is 22.3 Å². The number of nitrogens with zero attached hydrogens (tertiary/aromatic N) is 1. The van der Waals surface area contributed by atoms with E-state index in [1.54, 1.807) is 11.1 Å². The van der Waals surface area contributed by atoms with E-state index in [0.717, 1.165) is 23.7 Å². The predicted octanol–water partition coefficient (Wildman–Crippen LogP) is 14.0. The molecule has 1 heteroatoms. The molecular formula is C52H51N. The van der Waals surface area contributed by atoms with Crippen molar-refractivity contribution in [1.82, 2.24) is 0 Å². The molecule has 6 aliphatic rings. The van der Waals surface area contributed by atoms with E-state index in [9.17, 15) is 0 Å². The molecule has 0 aromatic heterocycles. The van der Waals surface area contributed by atoms with Gasteiger partial charge in [0.05, 0.1) is 11.4 Å². The molecule has 53 heavy (non-hydrogen) atoms. The number of benzene rings is 6. The monoisotopic (exact) mass is 689 g/mol. The Bertz CT molecular complexity index is 2390. The minimum absolute atomic E-state index is 0.0690. The molecule has 1 nitrogen and oxygen atoms in total. The van der Waals surface area contributed by atoms with Gasteiger partial charge in [0.25, 0.3) is 0 Å². The van der Waals surface area contributed by atoms with Crippen LogP contribution in [0.1, 0.15) is 94.9 Å². The maximum absolute atomic E-state index is 2.56. The quantitative estimate of drug-likeness (QED) is 0.178. The highest BCUT2D eigenvalue weighted by molar-refractivity contribution is 5.99. The molecule has 0 aliphatic heterocycles. The third-order valence-corrected chi connectivity index (χ3v) is 15.1. The summed E-state index contributed by atoms with van der Waals surface area (Å²) in [5.41, 5.74) is 16.0. The fraction of sp³-hybridized carbons (Fsp3) is 0.346. The molecule has 6 aliphatic carbocycles. The van der Waals surface area contributed by atoms with E-state index in [0.29, 0.717) is 0 Å². The zero-order chi connectivity index (χ0) is 35.7. The maximum atomic E-state index is 2.56. The lowest BCUT2D eigenvalue weighted by Crippen LogP contribution is -2.55. The summed E-state index contributed by atoms with van der Waals surface area (Å²) in [6.45, 7) is 9.77. The van der Waals surface area contributed by atoms with Crippen molar-refractivity contribution in [2.45, 2.75) is 88.9 Å². The Hall–Kier alpha value is -4.62. The lowest BCUT2D eigenvalue weighted by molar-refractivity contribution is -0.0399. The number of hydrogen-bond donors (Lipinski definition) is 0. The van der Waals surface area contributed by atoms with E-state index in [1.807, 2.05) is 0 Å². The second-order valence-corrected chi connectivity index (χ2v) is 18.8. The molecule has 4 fully saturated rings. The molecule has 12 rings (SSSR count). The van der Waals surface area contributed by atoms with Crippen LogP contribution in [0.25, 0.3) is 33.0 Å². The average molecular weight is 690 g/mol. The fourth-order valence-corrected chi connectivity index (χ4v) is 12.8. The first kappa shape index (κ1) is 31.9. The van der Waals surface area contributed by atoms with Gasteiger partial charge in [-0.25, -0.2) is 0 Å². The van der Waals surface area contributed by atoms with Crippen molar-refractivity contribution < 1.29 is 0 Å². The highest BCUT2D eigenvalue weighted by Gasteiger charge is 2.61. The first-order valence-corrected chi connectivity index (χ1v) is 20.5. The third kappa shape index (κ3) is 4.49. The van der Waals surface area contributed by atoms with Gasteiger partial charge >= 0.3 is 0 Å². The first-order valence-electron chi connectivity index (χ1n) is 20.5. The van der Waals surface area contributed by atoms with Gasteiger partial charge in [-0.1, -0.05) is 125 Å². The first-order chi connectivity index (χ1) is 25.7. The van der Waals surface area contributed by atoms with Crippen molar-refractivity contribution in [2.75, 3.05) is 4.90 Å².